The molecule has 0 aliphatic carbocycles. The van der Waals surface area contributed by atoms with Crippen LogP contribution in [-0.2, 0) is 12.8 Å². The van der Waals surface area contributed by atoms with E-state index in [1.807, 2.05) is 6.92 Å². The molecule has 1 unspecified atom stereocenters. The Morgan fingerprint density at radius 1 is 1.13 bits per heavy atom. The van der Waals surface area contributed by atoms with Crippen molar-refractivity contribution in [1.82, 2.24) is 14.8 Å². The molecule has 7 heteroatoms. The average Bonchev–Trinajstić information content (AvgIpc) is 2.86. The van der Waals surface area contributed by atoms with Crippen molar-refractivity contribution in [2.24, 2.45) is 5.92 Å². The molecule has 0 saturated carbocycles. The molecule has 0 amide bonds. The Balaban J connectivity index is 2.40. The van der Waals surface area contributed by atoms with Crippen LogP contribution in [0.15, 0.2) is 18.2 Å². The highest BCUT2D eigenvalue weighted by atomic mass is 19.3. The molecule has 0 N–H and O–H groups in total. The number of hydrogen-bond acceptors (Lipinski definition) is 2. The van der Waals surface area contributed by atoms with Crippen molar-refractivity contribution in [2.45, 2.75) is 46.0 Å². The third-order valence-corrected chi connectivity index (χ3v) is 3.50. The van der Waals surface area contributed by atoms with E-state index in [9.17, 15) is 17.6 Å². The fourth-order valence-corrected chi connectivity index (χ4v) is 2.21. The van der Waals surface area contributed by atoms with Gasteiger partial charge in [-0.15, -0.1) is 0 Å². The predicted molar refractivity (Wildman–Crippen MR) is 78.8 cm³/mol. The Kier molecular flexibility index (Phi) is 5.74. The van der Waals surface area contributed by atoms with Gasteiger partial charge < -0.3 is 0 Å². The summed E-state index contributed by atoms with van der Waals surface area (Å²) >= 11 is 0. The Labute approximate surface area is 132 Å². The highest BCUT2D eigenvalue weighted by Gasteiger charge is 2.21. The summed E-state index contributed by atoms with van der Waals surface area (Å²) in [6.07, 6.45) is -0.132. The third kappa shape index (κ3) is 4.53. The van der Waals surface area contributed by atoms with Crippen molar-refractivity contribution in [2.75, 3.05) is 0 Å². The lowest BCUT2D eigenvalue weighted by Crippen LogP contribution is -2.14. The Bertz CT molecular complexity index is 635. The maximum Gasteiger partial charge on any atom is 0.241 e. The molecular weight excluding hydrogens is 310 g/mol. The fourth-order valence-electron chi connectivity index (χ4n) is 2.21. The van der Waals surface area contributed by atoms with E-state index >= 15 is 0 Å². The summed E-state index contributed by atoms with van der Waals surface area (Å²) < 4.78 is 53.7. The lowest BCUT2D eigenvalue weighted by Gasteiger charge is -2.11. The van der Waals surface area contributed by atoms with Crippen LogP contribution in [0.5, 0.6) is 0 Å². The average molecular weight is 329 g/mol. The van der Waals surface area contributed by atoms with Gasteiger partial charge in [0.1, 0.15) is 17.5 Å². The Morgan fingerprint density at radius 2 is 1.78 bits per heavy atom. The minimum absolute atomic E-state index is 0.0189. The van der Waals surface area contributed by atoms with Gasteiger partial charge >= 0.3 is 0 Å². The molecule has 0 saturated heterocycles. The molecule has 1 aromatic carbocycles. The Hall–Kier alpha value is -1.92. The minimum Gasteiger partial charge on any atom is -0.217 e. The number of unbranched alkanes of at least 4 members (excludes halogenated alkanes) is 1. The van der Waals surface area contributed by atoms with Crippen molar-refractivity contribution < 1.29 is 17.6 Å². The second kappa shape index (κ2) is 7.57. The summed E-state index contributed by atoms with van der Waals surface area (Å²) in [6.45, 7) is 3.42. The zero-order valence-corrected chi connectivity index (χ0v) is 13.1. The van der Waals surface area contributed by atoms with Crippen LogP contribution in [0.1, 0.15) is 38.3 Å². The first-order chi connectivity index (χ1) is 10.9. The summed E-state index contributed by atoms with van der Waals surface area (Å²) in [5, 5.41) is 4.24. The highest BCUT2D eigenvalue weighted by Crippen LogP contribution is 2.19. The fraction of sp³-hybridized carbons (Fsp3) is 0.500. The van der Waals surface area contributed by atoms with Crippen molar-refractivity contribution in [3.05, 3.63) is 41.5 Å². The highest BCUT2D eigenvalue weighted by molar-refractivity contribution is 5.33. The van der Waals surface area contributed by atoms with Crippen LogP contribution >= 0.6 is 0 Å². The standard InChI is InChI=1S/C16H19F4N3/c1-3-4-5-14-21-15(6-10(2)16(19)20)23(22-14)13-8-11(17)7-12(18)9-13/h7-10,16H,3-6H2,1-2H3. The van der Waals surface area contributed by atoms with Gasteiger partial charge in [-0.3, -0.25) is 0 Å². The smallest absolute Gasteiger partial charge is 0.217 e. The molecule has 0 radical (unpaired) electrons. The number of alkyl halides is 2. The Morgan fingerprint density at radius 3 is 2.35 bits per heavy atom. The summed E-state index contributed by atoms with van der Waals surface area (Å²) in [7, 11) is 0. The first-order valence-corrected chi connectivity index (χ1v) is 7.60. The third-order valence-electron chi connectivity index (χ3n) is 3.50. The molecule has 1 atom stereocenters. The predicted octanol–water partition coefficient (Wildman–Crippen LogP) is 4.33. The molecule has 0 aliphatic heterocycles. The molecule has 23 heavy (non-hydrogen) atoms. The van der Waals surface area contributed by atoms with Gasteiger partial charge in [0.05, 0.1) is 5.69 Å². The summed E-state index contributed by atoms with van der Waals surface area (Å²) in [6, 6.07) is 2.97. The number of rotatable bonds is 7. The second-order valence-corrected chi connectivity index (χ2v) is 5.60. The van der Waals surface area contributed by atoms with E-state index in [4.69, 9.17) is 0 Å². The van der Waals surface area contributed by atoms with Crippen LogP contribution < -0.4 is 0 Å². The zero-order valence-electron chi connectivity index (χ0n) is 13.1. The van der Waals surface area contributed by atoms with Crippen LogP contribution in [0.25, 0.3) is 5.69 Å². The number of nitrogens with zero attached hydrogens (tertiary/aromatic N) is 3. The monoisotopic (exact) mass is 329 g/mol. The first-order valence-electron chi connectivity index (χ1n) is 7.60. The van der Waals surface area contributed by atoms with E-state index in [0.717, 1.165) is 31.0 Å². The van der Waals surface area contributed by atoms with Gasteiger partial charge in [-0.1, -0.05) is 20.3 Å². The summed E-state index contributed by atoms with van der Waals surface area (Å²) in [4.78, 5) is 4.28. The molecule has 2 rings (SSSR count). The first kappa shape index (κ1) is 17.4. The normalized spacial score (nSPS) is 12.8. The zero-order chi connectivity index (χ0) is 17.0. The van der Waals surface area contributed by atoms with Crippen LogP contribution in [0.3, 0.4) is 0 Å². The molecule has 126 valence electrons. The number of aryl methyl sites for hydroxylation is 1. The lowest BCUT2D eigenvalue weighted by atomic mass is 10.1. The van der Waals surface area contributed by atoms with Crippen LogP contribution in [0.2, 0.25) is 0 Å². The van der Waals surface area contributed by atoms with E-state index in [1.165, 1.54) is 11.6 Å². The van der Waals surface area contributed by atoms with Crippen molar-refractivity contribution >= 4 is 0 Å². The van der Waals surface area contributed by atoms with Crippen LogP contribution in [0, 0.1) is 17.6 Å². The molecule has 1 aromatic heterocycles. The van der Waals surface area contributed by atoms with Crippen LogP contribution in [0.4, 0.5) is 17.6 Å². The van der Waals surface area contributed by atoms with E-state index in [1.54, 1.807) is 0 Å². The van der Waals surface area contributed by atoms with Gasteiger partial charge in [0.2, 0.25) is 6.43 Å². The quantitative estimate of drug-likeness (QED) is 0.708. The number of hydrogen-bond donors (Lipinski definition) is 0. The van der Waals surface area contributed by atoms with Gasteiger partial charge in [-0.05, 0) is 18.6 Å². The largest absolute Gasteiger partial charge is 0.241 e. The minimum atomic E-state index is -2.50. The van der Waals surface area contributed by atoms with E-state index < -0.39 is 24.0 Å². The number of benzene rings is 1. The second-order valence-electron chi connectivity index (χ2n) is 5.60. The molecule has 0 fully saturated rings. The number of halogens is 4. The van der Waals surface area contributed by atoms with Gasteiger partial charge in [0, 0.05) is 24.8 Å². The topological polar surface area (TPSA) is 30.7 Å². The van der Waals surface area contributed by atoms with E-state index in [0.29, 0.717) is 12.2 Å². The van der Waals surface area contributed by atoms with E-state index in [2.05, 4.69) is 10.1 Å². The van der Waals surface area contributed by atoms with Crippen molar-refractivity contribution in [1.29, 1.82) is 0 Å². The van der Waals surface area contributed by atoms with Gasteiger partial charge in [0.15, 0.2) is 5.82 Å². The van der Waals surface area contributed by atoms with Gasteiger partial charge in [-0.2, -0.15) is 5.10 Å². The molecule has 2 aromatic rings. The lowest BCUT2D eigenvalue weighted by molar-refractivity contribution is 0.0852. The summed E-state index contributed by atoms with van der Waals surface area (Å²) in [5.41, 5.74) is 0.147. The maximum atomic E-state index is 13.4. The van der Waals surface area contributed by atoms with Crippen LogP contribution in [-0.4, -0.2) is 21.2 Å². The van der Waals surface area contributed by atoms with Gasteiger partial charge in [0.25, 0.3) is 0 Å². The van der Waals surface area contributed by atoms with Crippen molar-refractivity contribution in [3.8, 4) is 5.69 Å². The molecule has 0 bridgehead atoms. The number of aromatic nitrogens is 3. The van der Waals surface area contributed by atoms with E-state index in [-0.39, 0.29) is 17.9 Å². The molecular formula is C16H19F4N3. The molecule has 0 aliphatic rings. The van der Waals surface area contributed by atoms with Crippen molar-refractivity contribution in [3.63, 3.8) is 0 Å². The van der Waals surface area contributed by atoms with Gasteiger partial charge in [-0.25, -0.2) is 27.2 Å². The maximum absolute atomic E-state index is 13.4. The summed E-state index contributed by atoms with van der Waals surface area (Å²) in [5.74, 6) is -1.64. The molecule has 0 spiro atoms. The SMILES string of the molecule is CCCCc1nc(CC(C)C(F)F)n(-c2cc(F)cc(F)c2)n1. The molecule has 3 nitrogen and oxygen atoms in total. The molecule has 1 heterocycles.